The Morgan fingerprint density at radius 1 is 1.28 bits per heavy atom. The molecule has 0 aromatic rings. The maximum absolute atomic E-state index is 10.8. The molecule has 0 aromatic carbocycles. The average molecular weight is 254 g/mol. The Hall–Kier alpha value is -0.790. The predicted molar refractivity (Wildman–Crippen MR) is 77.7 cm³/mol. The molecule has 1 aliphatic rings. The maximum atomic E-state index is 10.8. The van der Waals surface area contributed by atoms with Gasteiger partial charge in [0.1, 0.15) is 0 Å². The van der Waals surface area contributed by atoms with Gasteiger partial charge in [-0.15, -0.1) is 0 Å². The lowest BCUT2D eigenvalue weighted by Crippen LogP contribution is -2.10. The van der Waals surface area contributed by atoms with E-state index < -0.39 is 5.97 Å². The van der Waals surface area contributed by atoms with E-state index in [1.54, 1.807) is 0 Å². The minimum Gasteiger partial charge on any atom is -0.481 e. The highest BCUT2D eigenvalue weighted by Crippen LogP contribution is 2.26. The van der Waals surface area contributed by atoms with Crippen molar-refractivity contribution in [2.75, 3.05) is 0 Å². The first-order valence-electron chi connectivity index (χ1n) is 7.45. The van der Waals surface area contributed by atoms with Gasteiger partial charge in [0, 0.05) is 6.42 Å². The summed E-state index contributed by atoms with van der Waals surface area (Å²) in [7, 11) is 0. The van der Waals surface area contributed by atoms with Gasteiger partial charge in [0.15, 0.2) is 0 Å². The lowest BCUT2D eigenvalue weighted by atomic mass is 9.86. The first kappa shape index (κ1) is 17.2. The number of aliphatic carboxylic acids is 1. The van der Waals surface area contributed by atoms with Crippen LogP contribution in [-0.2, 0) is 4.79 Å². The smallest absolute Gasteiger partial charge is 0.303 e. The molecule has 0 saturated carbocycles. The summed E-state index contributed by atoms with van der Waals surface area (Å²) in [5, 5.41) is 8.87. The van der Waals surface area contributed by atoms with Crippen molar-refractivity contribution in [3.05, 3.63) is 11.6 Å². The van der Waals surface area contributed by atoms with Gasteiger partial charge in [-0.2, -0.15) is 0 Å². The molecule has 0 saturated heterocycles. The monoisotopic (exact) mass is 254 g/mol. The standard InChI is InChI=1S/C14H24O2.C2H6/c1-11-4-3-5-12(2)7-9-13(8-6-11)10-14(15)16;1-2/h4,12-13H,3,5-10H2,1-2H3,(H,15,16);1-2H3/b11-4-;. The first-order chi connectivity index (χ1) is 8.58. The van der Waals surface area contributed by atoms with Crippen molar-refractivity contribution in [3.63, 3.8) is 0 Å². The summed E-state index contributed by atoms with van der Waals surface area (Å²) in [5.41, 5.74) is 1.43. The SMILES string of the molecule is C/C1=C/CCC(C)CCC(CC(=O)O)CC1.CC. The number of allylic oxidation sites excluding steroid dienone is 2. The van der Waals surface area contributed by atoms with Crippen LogP contribution in [0, 0.1) is 11.8 Å². The second-order valence-corrected chi connectivity index (χ2v) is 5.31. The van der Waals surface area contributed by atoms with Crippen molar-refractivity contribution in [1.29, 1.82) is 0 Å². The van der Waals surface area contributed by atoms with Gasteiger partial charge < -0.3 is 5.11 Å². The number of carbonyl (C=O) groups is 1. The molecule has 0 aliphatic heterocycles. The molecule has 2 atom stereocenters. The third-order valence-corrected chi connectivity index (χ3v) is 3.63. The van der Waals surface area contributed by atoms with Crippen molar-refractivity contribution < 1.29 is 9.90 Å². The largest absolute Gasteiger partial charge is 0.481 e. The van der Waals surface area contributed by atoms with Crippen LogP contribution in [0.4, 0.5) is 0 Å². The quantitative estimate of drug-likeness (QED) is 0.701. The zero-order valence-corrected chi connectivity index (χ0v) is 12.5. The van der Waals surface area contributed by atoms with E-state index in [2.05, 4.69) is 19.9 Å². The molecular weight excluding hydrogens is 224 g/mol. The number of hydrogen-bond acceptors (Lipinski definition) is 1. The van der Waals surface area contributed by atoms with E-state index in [0.29, 0.717) is 12.3 Å². The molecule has 2 nitrogen and oxygen atoms in total. The predicted octanol–water partition coefficient (Wildman–Crippen LogP) is 5.04. The van der Waals surface area contributed by atoms with Crippen LogP contribution in [0.3, 0.4) is 0 Å². The Balaban J connectivity index is 0.00000137. The summed E-state index contributed by atoms with van der Waals surface area (Å²) in [5.74, 6) is 0.469. The minimum absolute atomic E-state index is 0.347. The Morgan fingerprint density at radius 3 is 2.56 bits per heavy atom. The number of hydrogen-bond donors (Lipinski definition) is 1. The van der Waals surface area contributed by atoms with Gasteiger partial charge in [0.25, 0.3) is 0 Å². The molecule has 0 spiro atoms. The molecule has 2 heteroatoms. The van der Waals surface area contributed by atoms with Gasteiger partial charge in [-0.1, -0.05) is 38.8 Å². The third-order valence-electron chi connectivity index (χ3n) is 3.63. The van der Waals surface area contributed by atoms with Gasteiger partial charge in [-0.25, -0.2) is 0 Å². The molecule has 106 valence electrons. The van der Waals surface area contributed by atoms with E-state index in [1.807, 2.05) is 13.8 Å². The Labute approximate surface area is 112 Å². The average Bonchev–Trinajstić information content (AvgIpc) is 2.34. The molecule has 1 N–H and O–H groups in total. The van der Waals surface area contributed by atoms with E-state index in [1.165, 1.54) is 24.8 Å². The fourth-order valence-electron chi connectivity index (χ4n) is 2.41. The zero-order valence-electron chi connectivity index (χ0n) is 12.5. The van der Waals surface area contributed by atoms with Crippen LogP contribution in [0.15, 0.2) is 11.6 Å². The fourth-order valence-corrected chi connectivity index (χ4v) is 2.41. The van der Waals surface area contributed by atoms with Crippen LogP contribution >= 0.6 is 0 Å². The van der Waals surface area contributed by atoms with Gasteiger partial charge >= 0.3 is 5.97 Å². The second kappa shape index (κ2) is 10.2. The topological polar surface area (TPSA) is 37.3 Å². The Kier molecular flexibility index (Phi) is 9.72. The molecule has 0 amide bonds. The molecule has 1 rings (SSSR count). The maximum Gasteiger partial charge on any atom is 0.303 e. The summed E-state index contributed by atoms with van der Waals surface area (Å²) in [6, 6.07) is 0. The van der Waals surface area contributed by atoms with Crippen LogP contribution < -0.4 is 0 Å². The highest BCUT2D eigenvalue weighted by Gasteiger charge is 2.15. The van der Waals surface area contributed by atoms with E-state index in [4.69, 9.17) is 5.11 Å². The van der Waals surface area contributed by atoms with Crippen LogP contribution in [0.25, 0.3) is 0 Å². The van der Waals surface area contributed by atoms with Gasteiger partial charge in [-0.05, 0) is 50.9 Å². The molecule has 0 fully saturated rings. The normalized spacial score (nSPS) is 28.3. The van der Waals surface area contributed by atoms with E-state index in [0.717, 1.165) is 25.2 Å². The van der Waals surface area contributed by atoms with Gasteiger partial charge in [0.2, 0.25) is 0 Å². The summed E-state index contributed by atoms with van der Waals surface area (Å²) in [6.07, 6.45) is 9.51. The molecule has 18 heavy (non-hydrogen) atoms. The zero-order chi connectivity index (χ0) is 14.0. The number of rotatable bonds is 2. The minimum atomic E-state index is -0.642. The van der Waals surface area contributed by atoms with Gasteiger partial charge in [0.05, 0.1) is 0 Å². The lowest BCUT2D eigenvalue weighted by Gasteiger charge is -2.19. The number of carboxylic acids is 1. The fraction of sp³-hybridized carbons (Fsp3) is 0.812. The van der Waals surface area contributed by atoms with E-state index in [9.17, 15) is 4.79 Å². The lowest BCUT2D eigenvalue weighted by molar-refractivity contribution is -0.138. The van der Waals surface area contributed by atoms with Crippen LogP contribution in [0.2, 0.25) is 0 Å². The van der Waals surface area contributed by atoms with Crippen molar-refractivity contribution in [2.24, 2.45) is 11.8 Å². The van der Waals surface area contributed by atoms with Crippen LogP contribution in [-0.4, -0.2) is 11.1 Å². The molecular formula is C16H30O2. The molecule has 0 aromatic heterocycles. The van der Waals surface area contributed by atoms with E-state index >= 15 is 0 Å². The Morgan fingerprint density at radius 2 is 1.94 bits per heavy atom. The summed E-state index contributed by atoms with van der Waals surface area (Å²) in [6.45, 7) is 8.45. The van der Waals surface area contributed by atoms with Crippen molar-refractivity contribution in [2.45, 2.75) is 72.6 Å². The first-order valence-corrected chi connectivity index (χ1v) is 7.45. The van der Waals surface area contributed by atoms with Crippen molar-refractivity contribution in [1.82, 2.24) is 0 Å². The number of carboxylic acid groups (broad SMARTS) is 1. The summed E-state index contributed by atoms with van der Waals surface area (Å²) < 4.78 is 0. The molecule has 2 unspecified atom stereocenters. The molecule has 0 radical (unpaired) electrons. The van der Waals surface area contributed by atoms with E-state index in [-0.39, 0.29) is 0 Å². The van der Waals surface area contributed by atoms with Crippen LogP contribution in [0.5, 0.6) is 0 Å². The van der Waals surface area contributed by atoms with Gasteiger partial charge in [-0.3, -0.25) is 4.79 Å². The second-order valence-electron chi connectivity index (χ2n) is 5.31. The molecule has 1 aliphatic carbocycles. The molecule has 0 bridgehead atoms. The summed E-state index contributed by atoms with van der Waals surface area (Å²) >= 11 is 0. The van der Waals surface area contributed by atoms with Crippen molar-refractivity contribution in [3.8, 4) is 0 Å². The highest BCUT2D eigenvalue weighted by atomic mass is 16.4. The van der Waals surface area contributed by atoms with Crippen LogP contribution in [0.1, 0.15) is 72.6 Å². The third kappa shape index (κ3) is 8.32. The van der Waals surface area contributed by atoms with Crippen molar-refractivity contribution >= 4 is 5.97 Å². The summed E-state index contributed by atoms with van der Waals surface area (Å²) in [4.78, 5) is 10.8. The Bertz CT molecular complexity index is 256. The molecule has 0 heterocycles. The highest BCUT2D eigenvalue weighted by molar-refractivity contribution is 5.67.